The number of nitrogens with zero attached hydrogens (tertiary/aromatic N) is 1. The van der Waals surface area contributed by atoms with Crippen LogP contribution in [0.1, 0.15) is 11.1 Å². The van der Waals surface area contributed by atoms with E-state index in [9.17, 15) is 4.39 Å². The van der Waals surface area contributed by atoms with Crippen molar-refractivity contribution in [2.75, 3.05) is 35.1 Å². The van der Waals surface area contributed by atoms with Crippen LogP contribution >= 0.6 is 11.6 Å². The molecule has 0 radical (unpaired) electrons. The normalized spacial score (nSPS) is 18.7. The number of aryl methyl sites for hydroxylation is 1. The Hall–Kier alpha value is -2.05. The molecule has 0 aromatic heterocycles. The largest absolute Gasteiger partial charge is 0.493 e. The van der Waals surface area contributed by atoms with Gasteiger partial charge in [0.15, 0.2) is 17.7 Å². The quantitative estimate of drug-likeness (QED) is 0.762. The average Bonchev–Trinajstić information content (AvgIpc) is 2.62. The first-order chi connectivity index (χ1) is 12.0. The minimum absolute atomic E-state index is 0.249. The van der Waals surface area contributed by atoms with Crippen LogP contribution in [-0.4, -0.2) is 47.6 Å². The van der Waals surface area contributed by atoms with Crippen LogP contribution in [0.25, 0.3) is 6.08 Å². The van der Waals surface area contributed by atoms with Crippen molar-refractivity contribution >= 4 is 23.9 Å². The molecule has 1 aliphatic heterocycles. The molecule has 25 heavy (non-hydrogen) atoms. The van der Waals surface area contributed by atoms with Crippen LogP contribution in [0, 0.1) is 6.92 Å². The van der Waals surface area contributed by atoms with Crippen molar-refractivity contribution in [3.63, 3.8) is 0 Å². The van der Waals surface area contributed by atoms with Gasteiger partial charge in [-0.15, -0.1) is 0 Å². The van der Waals surface area contributed by atoms with Crippen LogP contribution in [0.15, 0.2) is 27.2 Å². The molecule has 2 rings (SSSR count). The highest BCUT2D eigenvalue weighted by Crippen LogP contribution is 2.43. The summed E-state index contributed by atoms with van der Waals surface area (Å²) in [5, 5.41) is 0.249. The van der Waals surface area contributed by atoms with Crippen LogP contribution in [0.4, 0.5) is 4.39 Å². The van der Waals surface area contributed by atoms with Gasteiger partial charge in [0.25, 0.3) is 0 Å². The molecule has 5 nitrogen and oxygen atoms in total. The Morgan fingerprint density at radius 1 is 1.16 bits per heavy atom. The third-order valence-electron chi connectivity index (χ3n) is 3.96. The van der Waals surface area contributed by atoms with Crippen molar-refractivity contribution in [1.29, 1.82) is 0 Å². The fraction of sp³-hybridized carbons (Fsp3) is 0.389. The number of hydrogen-bond acceptors (Lipinski definition) is 5. The van der Waals surface area contributed by atoms with Crippen LogP contribution in [0.5, 0.6) is 17.2 Å². The fourth-order valence-electron chi connectivity index (χ4n) is 2.70. The highest BCUT2D eigenvalue weighted by atomic mass is 35.5. The van der Waals surface area contributed by atoms with E-state index in [1.807, 2.05) is 13.0 Å². The molecule has 0 N–H and O–H groups in total. The van der Waals surface area contributed by atoms with Crippen molar-refractivity contribution in [2.45, 2.75) is 13.2 Å². The van der Waals surface area contributed by atoms with E-state index in [1.165, 1.54) is 27.5 Å². The number of halogens is 2. The van der Waals surface area contributed by atoms with Crippen molar-refractivity contribution in [3.8, 4) is 17.2 Å². The smallest absolute Gasteiger partial charge is 0.203 e. The summed E-state index contributed by atoms with van der Waals surface area (Å²) in [6.07, 6.45) is 2.52. The Bertz CT molecular complexity index is 743. The molecule has 136 valence electrons. The second-order valence-electron chi connectivity index (χ2n) is 5.30. The molecular formula is C18H21ClFNO4. The molecule has 0 saturated carbocycles. The average molecular weight is 370 g/mol. The maximum atomic E-state index is 13.6. The number of methoxy groups -OCH3 is 4. The van der Waals surface area contributed by atoms with Crippen LogP contribution in [0.2, 0.25) is 0 Å². The van der Waals surface area contributed by atoms with Crippen LogP contribution in [0.3, 0.4) is 0 Å². The second kappa shape index (κ2) is 8.36. The van der Waals surface area contributed by atoms with Gasteiger partial charge in [0.2, 0.25) is 5.75 Å². The van der Waals surface area contributed by atoms with E-state index in [1.54, 1.807) is 13.2 Å². The standard InChI is InChI=1S/C18H21ClFNO4/c1-10-6-15(22-2)17(24-4)16(23-3)11(10)7-12-13(8-20)14(19)9-21-18(12)25-5/h6-7,9,18H,8H2,1-5H3. The number of allylic oxidation sites excluding steroid dienone is 1. The number of dihydropyridines is 1. The number of alkyl halides is 1. The first kappa shape index (κ1) is 19.3. The minimum Gasteiger partial charge on any atom is -0.493 e. The zero-order valence-corrected chi connectivity index (χ0v) is 15.6. The van der Waals surface area contributed by atoms with E-state index in [0.29, 0.717) is 34.0 Å². The maximum absolute atomic E-state index is 13.6. The predicted molar refractivity (Wildman–Crippen MR) is 97.0 cm³/mol. The Labute approximate surface area is 151 Å². The number of rotatable bonds is 6. The molecule has 0 spiro atoms. The monoisotopic (exact) mass is 369 g/mol. The molecule has 1 atom stereocenters. The summed E-state index contributed by atoms with van der Waals surface area (Å²) in [5.41, 5.74) is 2.44. The summed E-state index contributed by atoms with van der Waals surface area (Å²) in [7, 11) is 6.11. The fourth-order valence-corrected chi connectivity index (χ4v) is 2.92. The molecular weight excluding hydrogens is 349 g/mol. The summed E-state index contributed by atoms with van der Waals surface area (Å²) in [5.74, 6) is 1.47. The van der Waals surface area contributed by atoms with Gasteiger partial charge in [-0.3, -0.25) is 4.99 Å². The van der Waals surface area contributed by atoms with Gasteiger partial charge in [0.1, 0.15) is 6.67 Å². The molecule has 1 unspecified atom stereocenters. The maximum Gasteiger partial charge on any atom is 0.203 e. The van der Waals surface area contributed by atoms with Gasteiger partial charge in [-0.25, -0.2) is 4.39 Å². The highest BCUT2D eigenvalue weighted by Gasteiger charge is 2.25. The molecule has 0 bridgehead atoms. The molecule has 0 saturated heterocycles. The molecule has 0 amide bonds. The lowest BCUT2D eigenvalue weighted by Crippen LogP contribution is -2.19. The summed E-state index contributed by atoms with van der Waals surface area (Å²) in [4.78, 5) is 4.20. The molecule has 1 heterocycles. The zero-order valence-electron chi connectivity index (χ0n) is 14.9. The van der Waals surface area contributed by atoms with Crippen molar-refractivity contribution in [1.82, 2.24) is 0 Å². The number of hydrogen-bond donors (Lipinski definition) is 0. The lowest BCUT2D eigenvalue weighted by atomic mass is 9.97. The van der Waals surface area contributed by atoms with Crippen LogP contribution in [-0.2, 0) is 4.74 Å². The van der Waals surface area contributed by atoms with Gasteiger partial charge in [-0.1, -0.05) is 11.6 Å². The van der Waals surface area contributed by atoms with Crippen molar-refractivity contribution < 1.29 is 23.3 Å². The second-order valence-corrected chi connectivity index (χ2v) is 5.71. The summed E-state index contributed by atoms with van der Waals surface area (Å²) < 4.78 is 35.2. The first-order valence-electron chi connectivity index (χ1n) is 7.54. The molecule has 1 aliphatic rings. The van der Waals surface area contributed by atoms with E-state index in [-0.39, 0.29) is 5.03 Å². The summed E-state index contributed by atoms with van der Waals surface area (Å²) in [6.45, 7) is 1.16. The summed E-state index contributed by atoms with van der Waals surface area (Å²) >= 11 is 6.10. The number of benzene rings is 1. The molecule has 0 fully saturated rings. The Kier molecular flexibility index (Phi) is 6.45. The minimum atomic E-state index is -0.731. The van der Waals surface area contributed by atoms with E-state index in [0.717, 1.165) is 5.56 Å². The third-order valence-corrected chi connectivity index (χ3v) is 4.28. The Balaban J connectivity index is 2.72. The highest BCUT2D eigenvalue weighted by molar-refractivity contribution is 6.40. The number of ether oxygens (including phenoxy) is 4. The Morgan fingerprint density at radius 3 is 2.36 bits per heavy atom. The van der Waals surface area contributed by atoms with Gasteiger partial charge in [-0.05, 0) is 24.6 Å². The lowest BCUT2D eigenvalue weighted by Gasteiger charge is -2.22. The lowest BCUT2D eigenvalue weighted by molar-refractivity contribution is 0.140. The zero-order chi connectivity index (χ0) is 18.6. The molecule has 7 heteroatoms. The van der Waals surface area contributed by atoms with Gasteiger partial charge in [-0.2, -0.15) is 0 Å². The molecule has 1 aromatic carbocycles. The van der Waals surface area contributed by atoms with Crippen molar-refractivity contribution in [2.24, 2.45) is 4.99 Å². The van der Waals surface area contributed by atoms with E-state index in [4.69, 9.17) is 30.5 Å². The first-order valence-corrected chi connectivity index (χ1v) is 7.92. The summed E-state index contributed by atoms with van der Waals surface area (Å²) in [6, 6.07) is 1.82. The molecule has 0 aliphatic carbocycles. The third kappa shape index (κ3) is 3.65. The van der Waals surface area contributed by atoms with E-state index in [2.05, 4.69) is 4.99 Å². The van der Waals surface area contributed by atoms with Gasteiger partial charge in [0.05, 0.1) is 26.4 Å². The number of aliphatic imine (C=N–C) groups is 1. The van der Waals surface area contributed by atoms with Crippen molar-refractivity contribution in [3.05, 3.63) is 33.4 Å². The predicted octanol–water partition coefficient (Wildman–Crippen LogP) is 3.92. The van der Waals surface area contributed by atoms with E-state index >= 15 is 0 Å². The Morgan fingerprint density at radius 2 is 1.84 bits per heavy atom. The van der Waals surface area contributed by atoms with Gasteiger partial charge in [0, 0.05) is 30.0 Å². The molecule has 1 aromatic rings. The van der Waals surface area contributed by atoms with Gasteiger partial charge >= 0.3 is 0 Å². The SMILES string of the molecule is COc1cc(C)c(C=C2C(CF)=C(Cl)C=NC2OC)c(OC)c1OC. The topological polar surface area (TPSA) is 49.3 Å². The van der Waals surface area contributed by atoms with E-state index < -0.39 is 12.9 Å². The van der Waals surface area contributed by atoms with Crippen LogP contribution < -0.4 is 14.2 Å². The van der Waals surface area contributed by atoms with Gasteiger partial charge < -0.3 is 18.9 Å².